The lowest BCUT2D eigenvalue weighted by Gasteiger charge is -2.25. The maximum absolute atomic E-state index is 15.5. The first-order valence-electron chi connectivity index (χ1n) is 11.7. The molecule has 12 nitrogen and oxygen atoms in total. The number of rotatable bonds is 9. The number of nitrogens with zero attached hydrogens (tertiary/aromatic N) is 1. The molecule has 1 aliphatic heterocycles. The monoisotopic (exact) mass is 541 g/mol. The van der Waals surface area contributed by atoms with Gasteiger partial charge in [-0.05, 0) is 49.8 Å². The van der Waals surface area contributed by atoms with Gasteiger partial charge in [0.15, 0.2) is 11.9 Å². The minimum Gasteiger partial charge on any atom is -0.468 e. The zero-order chi connectivity index (χ0) is 26.8. The average Bonchev–Trinajstić information content (AvgIpc) is 3.10. The number of hydrogen-bond acceptors (Lipinski definition) is 9. The number of nitrogens with one attached hydrogen (secondary N) is 2. The Hall–Kier alpha value is -2.83. The van der Waals surface area contributed by atoms with Crippen molar-refractivity contribution in [3.05, 3.63) is 62.4 Å². The van der Waals surface area contributed by atoms with E-state index in [0.717, 1.165) is 61.3 Å². The predicted octanol–water partition coefficient (Wildman–Crippen LogP) is 1.37. The summed E-state index contributed by atoms with van der Waals surface area (Å²) in [5.41, 5.74) is -2.15. The summed E-state index contributed by atoms with van der Waals surface area (Å²) >= 11 is 0. The Morgan fingerprint density at radius 3 is 2.81 bits per heavy atom. The van der Waals surface area contributed by atoms with Crippen LogP contribution in [0.3, 0.4) is 0 Å². The summed E-state index contributed by atoms with van der Waals surface area (Å²) in [5, 5.41) is 13.0. The highest BCUT2D eigenvalue weighted by Gasteiger charge is 2.55. The molecule has 1 saturated heterocycles. The molecular formula is C23H29FN3O9P. The highest BCUT2D eigenvalue weighted by Crippen LogP contribution is 2.48. The smallest absolute Gasteiger partial charge is 0.459 e. The molecule has 2 heterocycles. The Labute approximate surface area is 211 Å². The number of H-pyrrole nitrogens is 1. The lowest BCUT2D eigenvalue weighted by atomic mass is 9.91. The molecule has 1 fully saturated rings. The number of ether oxygens (including phenoxy) is 2. The topological polar surface area (TPSA) is 158 Å². The van der Waals surface area contributed by atoms with Crippen LogP contribution in [0.4, 0.5) is 4.39 Å². The van der Waals surface area contributed by atoms with E-state index < -0.39 is 62.2 Å². The number of alkyl halides is 1. The molecule has 1 aliphatic carbocycles. The van der Waals surface area contributed by atoms with Gasteiger partial charge in [-0.25, -0.2) is 18.8 Å². The van der Waals surface area contributed by atoms with E-state index in [0.29, 0.717) is 12.2 Å². The Bertz CT molecular complexity index is 1310. The van der Waals surface area contributed by atoms with Crippen molar-refractivity contribution in [1.82, 2.24) is 14.6 Å². The first-order valence-corrected chi connectivity index (χ1v) is 13.3. The van der Waals surface area contributed by atoms with Crippen LogP contribution in [-0.2, 0) is 36.2 Å². The Morgan fingerprint density at radius 1 is 1.32 bits per heavy atom. The van der Waals surface area contributed by atoms with E-state index in [2.05, 4.69) is 9.82 Å². The van der Waals surface area contributed by atoms with Gasteiger partial charge in [0.2, 0.25) is 0 Å². The van der Waals surface area contributed by atoms with Crippen LogP contribution in [0.2, 0.25) is 0 Å². The van der Waals surface area contributed by atoms with Crippen molar-refractivity contribution in [2.75, 3.05) is 20.3 Å². The number of aromatic amines is 1. The van der Waals surface area contributed by atoms with E-state index in [4.69, 9.17) is 13.8 Å². The minimum absolute atomic E-state index is 0.318. The molecule has 0 spiro atoms. The highest BCUT2D eigenvalue weighted by molar-refractivity contribution is 7.52. The second-order valence-electron chi connectivity index (χ2n) is 9.04. The quantitative estimate of drug-likeness (QED) is 0.313. The summed E-state index contributed by atoms with van der Waals surface area (Å²) in [6.45, 7) is -0.0927. The average molecular weight is 541 g/mol. The molecule has 0 saturated carbocycles. The molecule has 1 aromatic heterocycles. The van der Waals surface area contributed by atoms with Gasteiger partial charge in [-0.2, -0.15) is 0 Å². The summed E-state index contributed by atoms with van der Waals surface area (Å²) in [4.78, 5) is 37.3. The van der Waals surface area contributed by atoms with Crippen LogP contribution >= 0.6 is 7.75 Å². The van der Waals surface area contributed by atoms with E-state index >= 15 is 4.39 Å². The molecule has 5 atom stereocenters. The largest absolute Gasteiger partial charge is 0.468 e. The fraction of sp³-hybridized carbons (Fsp3) is 0.522. The van der Waals surface area contributed by atoms with Crippen LogP contribution in [0.1, 0.15) is 37.1 Å². The molecule has 0 radical (unpaired) electrons. The Kier molecular flexibility index (Phi) is 8.00. The van der Waals surface area contributed by atoms with E-state index in [1.807, 2.05) is 11.1 Å². The normalized spacial score (nSPS) is 26.8. The second kappa shape index (κ2) is 10.9. The fourth-order valence-corrected chi connectivity index (χ4v) is 5.74. The van der Waals surface area contributed by atoms with E-state index in [9.17, 15) is 24.1 Å². The zero-order valence-electron chi connectivity index (χ0n) is 20.3. The minimum atomic E-state index is -4.26. The van der Waals surface area contributed by atoms with Crippen molar-refractivity contribution in [3.8, 4) is 5.75 Å². The van der Waals surface area contributed by atoms with Crippen LogP contribution in [0.5, 0.6) is 5.75 Å². The van der Waals surface area contributed by atoms with Crippen LogP contribution < -0.4 is 20.9 Å². The van der Waals surface area contributed by atoms with Crippen molar-refractivity contribution >= 4 is 13.7 Å². The lowest BCUT2D eigenvalue weighted by Crippen LogP contribution is -2.43. The Balaban J connectivity index is 1.55. The summed E-state index contributed by atoms with van der Waals surface area (Å²) in [5.74, 6) is -0.410. The molecule has 37 heavy (non-hydrogen) atoms. The highest BCUT2D eigenvalue weighted by atomic mass is 31.2. The number of hydrogen-bond donors (Lipinski definition) is 3. The molecule has 202 valence electrons. The first kappa shape index (κ1) is 27.2. The van der Waals surface area contributed by atoms with Gasteiger partial charge in [-0.1, -0.05) is 12.1 Å². The number of carbonyl (C=O) groups is 1. The third kappa shape index (κ3) is 5.86. The summed E-state index contributed by atoms with van der Waals surface area (Å²) in [6.07, 6.45) is -0.233. The number of methoxy groups -OCH3 is 1. The molecule has 0 bridgehead atoms. The van der Waals surface area contributed by atoms with Crippen molar-refractivity contribution in [2.24, 2.45) is 0 Å². The SMILES string of the molecule is COC(=O)CNP(=O)(OCC1OC(n2ccc(=O)[nH]c2=O)C(C)(F)C1O)Oc1cccc2c1CCCC2. The van der Waals surface area contributed by atoms with Gasteiger partial charge in [0.1, 0.15) is 24.5 Å². The number of carbonyl (C=O) groups excluding carboxylic acids is 1. The maximum Gasteiger partial charge on any atom is 0.459 e. The van der Waals surface area contributed by atoms with Gasteiger partial charge >= 0.3 is 19.4 Å². The number of halogens is 1. The third-order valence-electron chi connectivity index (χ3n) is 6.45. The Morgan fingerprint density at radius 2 is 2.08 bits per heavy atom. The lowest BCUT2D eigenvalue weighted by molar-refractivity contribution is -0.139. The molecule has 1 aromatic carbocycles. The number of aryl methyl sites for hydroxylation is 1. The molecular weight excluding hydrogens is 512 g/mol. The number of aliphatic hydroxyl groups excluding tert-OH is 1. The number of benzene rings is 1. The van der Waals surface area contributed by atoms with Crippen molar-refractivity contribution in [1.29, 1.82) is 0 Å². The second-order valence-corrected chi connectivity index (χ2v) is 10.8. The molecule has 3 N–H and O–H groups in total. The van der Waals surface area contributed by atoms with Gasteiger partial charge < -0.3 is 19.1 Å². The van der Waals surface area contributed by atoms with Crippen LogP contribution in [0, 0.1) is 0 Å². The standard InChI is InChI=1S/C23H29FN3O9P/c1-23(24)20(30)17(35-21(23)27-11-10-18(28)26-22(27)31)13-34-37(32,25-12-19(29)33-2)36-16-9-5-7-14-6-3-4-8-15(14)16/h5,7,9-11,17,20-21,30H,3-4,6,8,12-13H2,1-2H3,(H,25,32)(H,26,28,31). The molecule has 2 aliphatic rings. The first-order chi connectivity index (χ1) is 17.5. The molecule has 4 rings (SSSR count). The van der Waals surface area contributed by atoms with Gasteiger partial charge in [0, 0.05) is 12.3 Å². The fourth-order valence-electron chi connectivity index (χ4n) is 4.43. The van der Waals surface area contributed by atoms with Gasteiger partial charge in [0.05, 0.1) is 13.7 Å². The molecule has 14 heteroatoms. The third-order valence-corrected chi connectivity index (χ3v) is 7.92. The zero-order valence-corrected chi connectivity index (χ0v) is 21.2. The summed E-state index contributed by atoms with van der Waals surface area (Å²) < 4.78 is 51.4. The number of aliphatic hydroxyl groups is 1. The summed E-state index contributed by atoms with van der Waals surface area (Å²) in [6, 6.07) is 6.36. The summed E-state index contributed by atoms with van der Waals surface area (Å²) in [7, 11) is -3.10. The van der Waals surface area contributed by atoms with Gasteiger partial charge in [-0.3, -0.25) is 23.7 Å². The van der Waals surface area contributed by atoms with Crippen molar-refractivity contribution < 1.29 is 37.4 Å². The van der Waals surface area contributed by atoms with Gasteiger partial charge in [-0.15, -0.1) is 0 Å². The number of esters is 1. The van der Waals surface area contributed by atoms with Gasteiger partial charge in [0.25, 0.3) is 5.56 Å². The molecule has 2 aromatic rings. The molecule has 0 amide bonds. The van der Waals surface area contributed by atoms with Crippen LogP contribution in [0.25, 0.3) is 0 Å². The van der Waals surface area contributed by atoms with E-state index in [-0.39, 0.29) is 0 Å². The van der Waals surface area contributed by atoms with Crippen molar-refractivity contribution in [3.63, 3.8) is 0 Å². The number of fused-ring (bicyclic) bond motifs is 1. The van der Waals surface area contributed by atoms with E-state index in [1.54, 1.807) is 12.1 Å². The molecule has 5 unspecified atom stereocenters. The number of aromatic nitrogens is 2. The maximum atomic E-state index is 15.5. The van der Waals surface area contributed by atoms with Crippen LogP contribution in [-0.4, -0.2) is 58.8 Å². The predicted molar refractivity (Wildman–Crippen MR) is 128 cm³/mol. The van der Waals surface area contributed by atoms with Crippen molar-refractivity contribution in [2.45, 2.75) is 56.7 Å². The van der Waals surface area contributed by atoms with E-state index in [1.165, 1.54) is 0 Å². The van der Waals surface area contributed by atoms with Crippen LogP contribution in [0.15, 0.2) is 40.1 Å².